The van der Waals surface area contributed by atoms with Crippen LogP contribution in [0.1, 0.15) is 31.5 Å². The largest absolute Gasteiger partial charge is 0.443 e. The van der Waals surface area contributed by atoms with E-state index in [0.29, 0.717) is 16.2 Å². The van der Waals surface area contributed by atoms with E-state index in [4.69, 9.17) is 5.73 Å². The molecule has 0 saturated heterocycles. The van der Waals surface area contributed by atoms with Gasteiger partial charge in [0.05, 0.1) is 16.7 Å². The van der Waals surface area contributed by atoms with Gasteiger partial charge in [-0.2, -0.15) is 13.2 Å². The first-order chi connectivity index (χ1) is 8.29. The molecule has 0 aromatic carbocycles. The maximum Gasteiger partial charge on any atom is 0.443 e. The highest BCUT2D eigenvalue weighted by molar-refractivity contribution is 7.13. The van der Waals surface area contributed by atoms with Gasteiger partial charge in [0.25, 0.3) is 0 Å². The highest BCUT2D eigenvalue weighted by atomic mass is 32.1. The topological polar surface area (TPSA) is 51.8 Å². The molecule has 18 heavy (non-hydrogen) atoms. The highest BCUT2D eigenvalue weighted by Gasteiger charge is 2.35. The molecule has 0 fully saturated rings. The van der Waals surface area contributed by atoms with Crippen molar-refractivity contribution in [3.05, 3.63) is 31.7 Å². The second kappa shape index (κ2) is 4.60. The fourth-order valence-electron chi connectivity index (χ4n) is 1.53. The maximum absolute atomic E-state index is 12.4. The Morgan fingerprint density at radius 3 is 2.39 bits per heavy atom. The SMILES string of the molecule is Cc1nc(C)c(C(N)c2cnc(C(F)(F)F)s2)s1. The average Bonchev–Trinajstić information content (AvgIpc) is 2.83. The second-order valence-electron chi connectivity index (χ2n) is 3.73. The van der Waals surface area contributed by atoms with E-state index in [9.17, 15) is 13.2 Å². The van der Waals surface area contributed by atoms with E-state index in [1.54, 1.807) is 6.92 Å². The molecule has 0 bridgehead atoms. The van der Waals surface area contributed by atoms with Gasteiger partial charge in [-0.25, -0.2) is 9.97 Å². The highest BCUT2D eigenvalue weighted by Crippen LogP contribution is 2.36. The van der Waals surface area contributed by atoms with Crippen molar-refractivity contribution in [2.24, 2.45) is 5.73 Å². The Bertz CT molecular complexity index is 559. The molecule has 1 unspecified atom stereocenters. The minimum absolute atomic E-state index is 0.397. The summed E-state index contributed by atoms with van der Waals surface area (Å²) in [6.07, 6.45) is -3.23. The predicted molar refractivity (Wildman–Crippen MR) is 64.7 cm³/mol. The van der Waals surface area contributed by atoms with Crippen LogP contribution in [0.3, 0.4) is 0 Å². The van der Waals surface area contributed by atoms with E-state index in [2.05, 4.69) is 9.97 Å². The Kier molecular flexibility index (Phi) is 3.43. The number of nitrogens with two attached hydrogens (primary N) is 1. The summed E-state index contributed by atoms with van der Waals surface area (Å²) in [6.45, 7) is 3.63. The zero-order valence-electron chi connectivity index (χ0n) is 9.58. The Balaban J connectivity index is 2.32. The molecule has 98 valence electrons. The minimum atomic E-state index is -4.42. The lowest BCUT2D eigenvalue weighted by Gasteiger charge is -2.06. The molecular formula is C10H10F3N3S2. The third-order valence-corrected chi connectivity index (χ3v) is 4.58. The molecule has 8 heteroatoms. The van der Waals surface area contributed by atoms with Gasteiger partial charge in [-0.05, 0) is 13.8 Å². The zero-order chi connectivity index (χ0) is 13.5. The lowest BCUT2D eigenvalue weighted by atomic mass is 10.2. The predicted octanol–water partition coefficient (Wildman–Crippen LogP) is 3.28. The van der Waals surface area contributed by atoms with Gasteiger partial charge >= 0.3 is 6.18 Å². The zero-order valence-corrected chi connectivity index (χ0v) is 11.2. The average molecular weight is 293 g/mol. The Hall–Kier alpha value is -0.990. The fraction of sp³-hybridized carbons (Fsp3) is 0.400. The van der Waals surface area contributed by atoms with Crippen LogP contribution in [0.15, 0.2) is 6.20 Å². The molecule has 2 rings (SSSR count). The van der Waals surface area contributed by atoms with Crippen LogP contribution in [0.25, 0.3) is 0 Å². The van der Waals surface area contributed by atoms with Gasteiger partial charge in [0.15, 0.2) is 5.01 Å². The molecule has 2 aromatic rings. The van der Waals surface area contributed by atoms with Crippen molar-refractivity contribution in [2.45, 2.75) is 26.1 Å². The van der Waals surface area contributed by atoms with Gasteiger partial charge in [0.1, 0.15) is 0 Å². The first-order valence-electron chi connectivity index (χ1n) is 5.01. The summed E-state index contributed by atoms with van der Waals surface area (Å²) in [5.41, 5.74) is 6.72. The molecule has 1 atom stereocenters. The van der Waals surface area contributed by atoms with Crippen LogP contribution in [-0.2, 0) is 6.18 Å². The summed E-state index contributed by atoms with van der Waals surface area (Å²) in [5.74, 6) is 0. The van der Waals surface area contributed by atoms with Crippen molar-refractivity contribution in [1.29, 1.82) is 0 Å². The lowest BCUT2D eigenvalue weighted by Crippen LogP contribution is -2.09. The molecule has 0 saturated carbocycles. The molecule has 0 amide bonds. The second-order valence-corrected chi connectivity index (χ2v) is 6.02. The van der Waals surface area contributed by atoms with Crippen molar-refractivity contribution in [3.8, 4) is 0 Å². The van der Waals surface area contributed by atoms with Crippen LogP contribution in [0.4, 0.5) is 13.2 Å². The third-order valence-electron chi connectivity index (χ3n) is 2.29. The Morgan fingerprint density at radius 1 is 1.28 bits per heavy atom. The van der Waals surface area contributed by atoms with Gasteiger partial charge in [0.2, 0.25) is 0 Å². The molecule has 2 heterocycles. The monoisotopic (exact) mass is 293 g/mol. The van der Waals surface area contributed by atoms with E-state index in [1.165, 1.54) is 17.5 Å². The maximum atomic E-state index is 12.4. The molecule has 0 aliphatic heterocycles. The molecule has 0 radical (unpaired) electrons. The van der Waals surface area contributed by atoms with E-state index in [-0.39, 0.29) is 0 Å². The van der Waals surface area contributed by atoms with Gasteiger partial charge in [-0.3, -0.25) is 0 Å². The summed E-state index contributed by atoms with van der Waals surface area (Å²) in [7, 11) is 0. The van der Waals surface area contributed by atoms with Crippen molar-refractivity contribution >= 4 is 22.7 Å². The molecule has 2 N–H and O–H groups in total. The van der Waals surface area contributed by atoms with Crippen LogP contribution in [0, 0.1) is 13.8 Å². The quantitative estimate of drug-likeness (QED) is 0.924. The van der Waals surface area contributed by atoms with Crippen LogP contribution >= 0.6 is 22.7 Å². The number of aromatic nitrogens is 2. The minimum Gasteiger partial charge on any atom is -0.319 e. The van der Waals surface area contributed by atoms with Crippen molar-refractivity contribution < 1.29 is 13.2 Å². The van der Waals surface area contributed by atoms with Gasteiger partial charge < -0.3 is 5.73 Å². The van der Waals surface area contributed by atoms with E-state index < -0.39 is 17.2 Å². The van der Waals surface area contributed by atoms with Crippen molar-refractivity contribution in [3.63, 3.8) is 0 Å². The summed E-state index contributed by atoms with van der Waals surface area (Å²) < 4.78 is 37.3. The van der Waals surface area contributed by atoms with E-state index in [0.717, 1.165) is 15.6 Å². The molecule has 0 aliphatic rings. The summed E-state index contributed by atoms with van der Waals surface area (Å²) in [5, 5.41) is -0.0228. The number of nitrogens with zero attached hydrogens (tertiary/aromatic N) is 2. The first kappa shape index (κ1) is 13.4. The van der Waals surface area contributed by atoms with Gasteiger partial charge in [-0.15, -0.1) is 22.7 Å². The number of alkyl halides is 3. The van der Waals surface area contributed by atoms with E-state index >= 15 is 0 Å². The fourth-order valence-corrected chi connectivity index (χ4v) is 3.34. The summed E-state index contributed by atoms with van der Waals surface area (Å²) >= 11 is 1.97. The van der Waals surface area contributed by atoms with Gasteiger partial charge in [0, 0.05) is 16.0 Å². The van der Waals surface area contributed by atoms with Crippen LogP contribution in [0.2, 0.25) is 0 Å². The Labute approximate surface area is 110 Å². The first-order valence-corrected chi connectivity index (χ1v) is 6.64. The van der Waals surface area contributed by atoms with Crippen LogP contribution in [0.5, 0.6) is 0 Å². The number of aryl methyl sites for hydroxylation is 2. The standard InChI is InChI=1S/C10H10F3N3S2/c1-4-8(17-5(2)16-4)7(14)6-3-15-9(18-6)10(11,12)13/h3,7H,14H2,1-2H3. The molecule has 0 spiro atoms. The van der Waals surface area contributed by atoms with Crippen molar-refractivity contribution in [1.82, 2.24) is 9.97 Å². The summed E-state index contributed by atoms with van der Waals surface area (Å²) in [6, 6.07) is -0.593. The van der Waals surface area contributed by atoms with Gasteiger partial charge in [-0.1, -0.05) is 0 Å². The third kappa shape index (κ3) is 2.55. The lowest BCUT2D eigenvalue weighted by molar-refractivity contribution is -0.137. The van der Waals surface area contributed by atoms with E-state index in [1.807, 2.05) is 6.92 Å². The number of hydrogen-bond acceptors (Lipinski definition) is 5. The molecule has 2 aromatic heterocycles. The Morgan fingerprint density at radius 2 is 1.94 bits per heavy atom. The summed E-state index contributed by atoms with van der Waals surface area (Å²) in [4.78, 5) is 8.76. The molecule has 3 nitrogen and oxygen atoms in total. The number of hydrogen-bond donors (Lipinski definition) is 1. The number of rotatable bonds is 2. The normalized spacial score (nSPS) is 13.9. The molecular weight excluding hydrogens is 283 g/mol. The number of thiazole rings is 2. The smallest absolute Gasteiger partial charge is 0.319 e. The number of halogens is 3. The van der Waals surface area contributed by atoms with Crippen LogP contribution in [-0.4, -0.2) is 9.97 Å². The van der Waals surface area contributed by atoms with Crippen molar-refractivity contribution in [2.75, 3.05) is 0 Å². The van der Waals surface area contributed by atoms with Crippen LogP contribution < -0.4 is 5.73 Å². The molecule has 0 aliphatic carbocycles.